The molecule has 0 radical (unpaired) electrons. The molecule has 1 saturated heterocycles. The lowest BCUT2D eigenvalue weighted by molar-refractivity contribution is 0.179. The number of methoxy groups -OCH3 is 1. The molecule has 6 nitrogen and oxygen atoms in total. The third kappa shape index (κ3) is 3.53. The highest BCUT2D eigenvalue weighted by Gasteiger charge is 2.29. The van der Waals surface area contributed by atoms with Crippen LogP contribution in [-0.4, -0.2) is 29.6 Å². The minimum Gasteiger partial charge on any atom is -0.480 e. The van der Waals surface area contributed by atoms with E-state index in [1.165, 1.54) is 0 Å². The molecule has 2 amide bonds. The first kappa shape index (κ1) is 16.4. The van der Waals surface area contributed by atoms with Crippen molar-refractivity contribution in [2.75, 3.05) is 19.0 Å². The number of aryl methyl sites for hydroxylation is 1. The minimum atomic E-state index is -0.149. The average molecular weight is 329 g/mol. The van der Waals surface area contributed by atoms with E-state index in [1.807, 2.05) is 30.0 Å². The van der Waals surface area contributed by atoms with Crippen LogP contribution in [0.2, 0.25) is 0 Å². The number of pyridine rings is 1. The van der Waals surface area contributed by atoms with Gasteiger partial charge in [0.25, 0.3) is 0 Å². The van der Waals surface area contributed by atoms with Gasteiger partial charge in [-0.3, -0.25) is 0 Å². The Morgan fingerprint density at radius 2 is 2.29 bits per heavy atom. The van der Waals surface area contributed by atoms with Crippen molar-refractivity contribution in [1.82, 2.24) is 9.88 Å². The van der Waals surface area contributed by atoms with Gasteiger partial charge in [-0.25, -0.2) is 9.78 Å². The van der Waals surface area contributed by atoms with Crippen LogP contribution >= 0.6 is 0 Å². The maximum absolute atomic E-state index is 12.9. The molecule has 2 aromatic rings. The molecular formula is C18H23N3O3. The Balaban J connectivity index is 1.82. The van der Waals surface area contributed by atoms with Gasteiger partial charge in [-0.2, -0.15) is 0 Å². The maximum Gasteiger partial charge on any atom is 0.322 e. The van der Waals surface area contributed by atoms with Crippen molar-refractivity contribution >= 4 is 11.7 Å². The lowest BCUT2D eigenvalue weighted by Crippen LogP contribution is -2.38. The van der Waals surface area contributed by atoms with E-state index in [4.69, 9.17) is 9.15 Å². The van der Waals surface area contributed by atoms with Gasteiger partial charge in [0.2, 0.25) is 5.88 Å². The minimum absolute atomic E-state index is 0.0359. The molecule has 128 valence electrons. The number of furan rings is 1. The first-order chi connectivity index (χ1) is 11.7. The third-order valence-corrected chi connectivity index (χ3v) is 4.31. The first-order valence-corrected chi connectivity index (χ1v) is 8.30. The summed E-state index contributed by atoms with van der Waals surface area (Å²) in [5.74, 6) is 1.25. The second-order valence-electron chi connectivity index (χ2n) is 6.07. The van der Waals surface area contributed by atoms with E-state index in [2.05, 4.69) is 10.3 Å². The molecule has 6 heteroatoms. The zero-order chi connectivity index (χ0) is 16.9. The lowest BCUT2D eigenvalue weighted by Gasteiger charge is -2.29. The van der Waals surface area contributed by atoms with Crippen molar-refractivity contribution in [3.05, 3.63) is 42.0 Å². The van der Waals surface area contributed by atoms with Gasteiger partial charge in [-0.15, -0.1) is 0 Å². The van der Waals surface area contributed by atoms with Crippen LogP contribution in [0.3, 0.4) is 0 Å². The SMILES string of the molecule is COc1ncc(C)cc1NC(=O)N1CCCCCC1c1ccco1. The van der Waals surface area contributed by atoms with E-state index < -0.39 is 0 Å². The fraction of sp³-hybridized carbons (Fsp3) is 0.444. The standard InChI is InChI=1S/C18H23N3O3/c1-13-11-14(17(23-2)19-12-13)20-18(22)21-9-5-3-4-7-15(21)16-8-6-10-24-16/h6,8,10-12,15H,3-5,7,9H2,1-2H3,(H,20,22). The fourth-order valence-corrected chi connectivity index (χ4v) is 3.12. The molecule has 1 fully saturated rings. The van der Waals surface area contributed by atoms with Crippen LogP contribution in [0, 0.1) is 6.92 Å². The van der Waals surface area contributed by atoms with Crippen LogP contribution in [-0.2, 0) is 0 Å². The fourth-order valence-electron chi connectivity index (χ4n) is 3.12. The number of likely N-dealkylation sites (tertiary alicyclic amines) is 1. The highest BCUT2D eigenvalue weighted by Crippen LogP contribution is 2.31. The Labute approximate surface area is 141 Å². The van der Waals surface area contributed by atoms with E-state index in [1.54, 1.807) is 19.6 Å². The molecule has 1 aliphatic heterocycles. The van der Waals surface area contributed by atoms with Crippen molar-refractivity contribution < 1.29 is 13.9 Å². The number of carbonyl (C=O) groups is 1. The summed E-state index contributed by atoms with van der Waals surface area (Å²) in [6, 6.07) is 5.48. The van der Waals surface area contributed by atoms with Crippen molar-refractivity contribution in [2.24, 2.45) is 0 Å². The Morgan fingerprint density at radius 3 is 3.04 bits per heavy atom. The predicted octanol–water partition coefficient (Wildman–Crippen LogP) is 4.14. The number of carbonyl (C=O) groups excluding carboxylic acids is 1. The summed E-state index contributed by atoms with van der Waals surface area (Å²) in [7, 11) is 1.55. The number of nitrogens with zero attached hydrogens (tertiary/aromatic N) is 2. The Morgan fingerprint density at radius 1 is 1.42 bits per heavy atom. The number of amides is 2. The quantitative estimate of drug-likeness (QED) is 0.919. The number of urea groups is 1. The number of nitrogens with one attached hydrogen (secondary N) is 1. The van der Waals surface area contributed by atoms with Gasteiger partial charge < -0.3 is 19.4 Å². The second-order valence-corrected chi connectivity index (χ2v) is 6.07. The molecule has 3 heterocycles. The summed E-state index contributed by atoms with van der Waals surface area (Å²) < 4.78 is 10.8. The average Bonchev–Trinajstić information content (AvgIpc) is 2.99. The normalized spacial score (nSPS) is 18.1. The van der Waals surface area contributed by atoms with E-state index in [0.29, 0.717) is 18.1 Å². The van der Waals surface area contributed by atoms with Gasteiger partial charge in [0.1, 0.15) is 11.4 Å². The summed E-state index contributed by atoms with van der Waals surface area (Å²) >= 11 is 0. The monoisotopic (exact) mass is 329 g/mol. The molecule has 0 aromatic carbocycles. The van der Waals surface area contributed by atoms with E-state index >= 15 is 0 Å². The van der Waals surface area contributed by atoms with Crippen molar-refractivity contribution in [1.29, 1.82) is 0 Å². The summed E-state index contributed by atoms with van der Waals surface area (Å²) in [6.45, 7) is 2.64. The molecule has 0 saturated carbocycles. The smallest absolute Gasteiger partial charge is 0.322 e. The topological polar surface area (TPSA) is 67.6 Å². The number of hydrogen-bond donors (Lipinski definition) is 1. The summed E-state index contributed by atoms with van der Waals surface area (Å²) in [4.78, 5) is 19.0. The van der Waals surface area contributed by atoms with Crippen LogP contribution < -0.4 is 10.1 Å². The molecule has 0 bridgehead atoms. The highest BCUT2D eigenvalue weighted by atomic mass is 16.5. The zero-order valence-corrected chi connectivity index (χ0v) is 14.1. The van der Waals surface area contributed by atoms with Crippen LogP contribution in [0.4, 0.5) is 10.5 Å². The number of hydrogen-bond acceptors (Lipinski definition) is 4. The summed E-state index contributed by atoms with van der Waals surface area (Å²) in [5, 5.41) is 2.95. The molecule has 1 N–H and O–H groups in total. The van der Waals surface area contributed by atoms with Gasteiger partial charge in [-0.1, -0.05) is 12.8 Å². The Bertz CT molecular complexity index is 685. The zero-order valence-electron chi connectivity index (χ0n) is 14.1. The van der Waals surface area contributed by atoms with Crippen LogP contribution in [0.15, 0.2) is 35.1 Å². The third-order valence-electron chi connectivity index (χ3n) is 4.31. The molecule has 24 heavy (non-hydrogen) atoms. The number of rotatable bonds is 3. The summed E-state index contributed by atoms with van der Waals surface area (Å²) in [5.41, 5.74) is 1.55. The lowest BCUT2D eigenvalue weighted by atomic mass is 10.1. The van der Waals surface area contributed by atoms with Gasteiger partial charge in [-0.05, 0) is 43.5 Å². The van der Waals surface area contributed by atoms with E-state index in [-0.39, 0.29) is 12.1 Å². The van der Waals surface area contributed by atoms with Crippen LogP contribution in [0.25, 0.3) is 0 Å². The van der Waals surface area contributed by atoms with Crippen molar-refractivity contribution in [3.8, 4) is 5.88 Å². The van der Waals surface area contributed by atoms with Gasteiger partial charge in [0, 0.05) is 12.7 Å². The van der Waals surface area contributed by atoms with Crippen molar-refractivity contribution in [3.63, 3.8) is 0 Å². The largest absolute Gasteiger partial charge is 0.480 e. The number of aromatic nitrogens is 1. The highest BCUT2D eigenvalue weighted by molar-refractivity contribution is 5.91. The molecule has 1 unspecified atom stereocenters. The second kappa shape index (κ2) is 7.38. The maximum atomic E-state index is 12.9. The van der Waals surface area contributed by atoms with Gasteiger partial charge in [0.15, 0.2) is 0 Å². The molecule has 0 aliphatic carbocycles. The van der Waals surface area contributed by atoms with Gasteiger partial charge >= 0.3 is 6.03 Å². The molecule has 2 aromatic heterocycles. The van der Waals surface area contributed by atoms with E-state index in [9.17, 15) is 4.79 Å². The number of anilines is 1. The van der Waals surface area contributed by atoms with Crippen LogP contribution in [0.5, 0.6) is 5.88 Å². The first-order valence-electron chi connectivity index (χ1n) is 8.30. The molecule has 1 atom stereocenters. The van der Waals surface area contributed by atoms with E-state index in [0.717, 1.165) is 37.0 Å². The van der Waals surface area contributed by atoms with Crippen LogP contribution in [0.1, 0.15) is 43.0 Å². The van der Waals surface area contributed by atoms with Crippen molar-refractivity contribution in [2.45, 2.75) is 38.6 Å². The summed E-state index contributed by atoms with van der Waals surface area (Å²) in [6.07, 6.45) is 7.48. The number of ether oxygens (including phenoxy) is 1. The Kier molecular flexibility index (Phi) is 5.03. The molecular weight excluding hydrogens is 306 g/mol. The Hall–Kier alpha value is -2.50. The molecule has 0 spiro atoms. The van der Waals surface area contributed by atoms with Gasteiger partial charge in [0.05, 0.1) is 19.4 Å². The molecule has 3 rings (SSSR count). The predicted molar refractivity (Wildman–Crippen MR) is 91.2 cm³/mol. The molecule has 1 aliphatic rings.